The Labute approximate surface area is 87.7 Å². The van der Waals surface area contributed by atoms with Crippen molar-refractivity contribution in [2.24, 2.45) is 16.1 Å². The van der Waals surface area contributed by atoms with Crippen molar-refractivity contribution in [2.75, 3.05) is 13.1 Å². The molecule has 0 aliphatic heterocycles. The molecule has 0 radical (unpaired) electrons. The normalized spacial score (nSPS) is 16.6. The predicted octanol–water partition coefficient (Wildman–Crippen LogP) is 2.48. The second-order valence-electron chi connectivity index (χ2n) is 3.59. The molecule has 1 saturated carbocycles. The van der Waals surface area contributed by atoms with Gasteiger partial charge in [-0.1, -0.05) is 26.2 Å². The largest absolute Gasteiger partial charge is 0.317 e. The van der Waals surface area contributed by atoms with Crippen LogP contribution in [0, 0.1) is 5.92 Å². The first-order valence-electron chi connectivity index (χ1n) is 5.47. The predicted molar refractivity (Wildman–Crippen MR) is 64.2 cm³/mol. The van der Waals surface area contributed by atoms with Crippen LogP contribution in [0.5, 0.6) is 0 Å². The molecule has 1 N–H and O–H groups in total. The van der Waals surface area contributed by atoms with Crippen LogP contribution in [0.1, 0.15) is 39.0 Å². The quantitative estimate of drug-likeness (QED) is 0.545. The van der Waals surface area contributed by atoms with Gasteiger partial charge in [0.25, 0.3) is 0 Å². The SMILES string of the molecule is C=NN=C.CCNCC1CCCCC1. The van der Waals surface area contributed by atoms with Crippen molar-refractivity contribution in [3.8, 4) is 0 Å². The zero-order chi connectivity index (χ0) is 10.6. The molecule has 1 aliphatic carbocycles. The van der Waals surface area contributed by atoms with Crippen LogP contribution >= 0.6 is 0 Å². The van der Waals surface area contributed by atoms with E-state index in [1.54, 1.807) is 0 Å². The molecular weight excluding hydrogens is 174 g/mol. The Morgan fingerprint density at radius 3 is 2.14 bits per heavy atom. The van der Waals surface area contributed by atoms with E-state index in [2.05, 4.69) is 35.9 Å². The summed E-state index contributed by atoms with van der Waals surface area (Å²) in [5, 5.41) is 9.42. The van der Waals surface area contributed by atoms with Crippen LogP contribution in [0.15, 0.2) is 10.2 Å². The van der Waals surface area contributed by atoms with E-state index in [0.29, 0.717) is 0 Å². The summed E-state index contributed by atoms with van der Waals surface area (Å²) >= 11 is 0. The lowest BCUT2D eigenvalue weighted by atomic mass is 9.89. The molecule has 1 fully saturated rings. The molecule has 1 rings (SSSR count). The molecule has 3 heteroatoms. The second kappa shape index (κ2) is 10.4. The maximum atomic E-state index is 3.42. The Hall–Kier alpha value is -0.700. The molecule has 0 saturated heterocycles. The van der Waals surface area contributed by atoms with Crippen LogP contribution < -0.4 is 5.32 Å². The Morgan fingerprint density at radius 2 is 1.71 bits per heavy atom. The van der Waals surface area contributed by atoms with E-state index in [0.717, 1.165) is 12.5 Å². The van der Waals surface area contributed by atoms with Crippen LogP contribution in [0.2, 0.25) is 0 Å². The van der Waals surface area contributed by atoms with Crippen molar-refractivity contribution in [1.29, 1.82) is 0 Å². The number of hydrogen-bond acceptors (Lipinski definition) is 3. The summed E-state index contributed by atoms with van der Waals surface area (Å²) in [6.45, 7) is 10.6. The van der Waals surface area contributed by atoms with Gasteiger partial charge in [0.05, 0.1) is 0 Å². The van der Waals surface area contributed by atoms with E-state index in [1.807, 2.05) is 0 Å². The van der Waals surface area contributed by atoms with Gasteiger partial charge in [-0.2, -0.15) is 10.2 Å². The maximum absolute atomic E-state index is 3.42. The first-order chi connectivity index (χ1) is 6.85. The third-order valence-corrected chi connectivity index (χ3v) is 2.51. The van der Waals surface area contributed by atoms with Gasteiger partial charge >= 0.3 is 0 Å². The first-order valence-corrected chi connectivity index (χ1v) is 5.47. The van der Waals surface area contributed by atoms with Crippen molar-refractivity contribution in [1.82, 2.24) is 5.32 Å². The van der Waals surface area contributed by atoms with Gasteiger partial charge in [0.2, 0.25) is 0 Å². The molecule has 0 heterocycles. The van der Waals surface area contributed by atoms with Gasteiger partial charge in [-0.15, -0.1) is 0 Å². The van der Waals surface area contributed by atoms with Crippen molar-refractivity contribution in [3.05, 3.63) is 0 Å². The van der Waals surface area contributed by atoms with E-state index < -0.39 is 0 Å². The van der Waals surface area contributed by atoms with Gasteiger partial charge in [0.1, 0.15) is 0 Å². The van der Waals surface area contributed by atoms with Crippen molar-refractivity contribution >= 4 is 13.4 Å². The average Bonchev–Trinajstić information content (AvgIpc) is 2.28. The highest BCUT2D eigenvalue weighted by Crippen LogP contribution is 2.22. The minimum Gasteiger partial charge on any atom is -0.317 e. The number of nitrogens with zero attached hydrogens (tertiary/aromatic N) is 2. The van der Waals surface area contributed by atoms with E-state index in [4.69, 9.17) is 0 Å². The Kier molecular flexibility index (Phi) is 9.86. The number of nitrogens with one attached hydrogen (secondary N) is 1. The summed E-state index contributed by atoms with van der Waals surface area (Å²) in [6.07, 6.45) is 7.34. The molecule has 0 aromatic heterocycles. The Morgan fingerprint density at radius 1 is 1.14 bits per heavy atom. The summed E-state index contributed by atoms with van der Waals surface area (Å²) in [6, 6.07) is 0. The zero-order valence-electron chi connectivity index (χ0n) is 9.34. The summed E-state index contributed by atoms with van der Waals surface area (Å²) in [7, 11) is 0. The van der Waals surface area contributed by atoms with E-state index >= 15 is 0 Å². The average molecular weight is 197 g/mol. The molecule has 0 atom stereocenters. The summed E-state index contributed by atoms with van der Waals surface area (Å²) in [5.74, 6) is 0.994. The van der Waals surface area contributed by atoms with Crippen molar-refractivity contribution in [3.63, 3.8) is 0 Å². The van der Waals surface area contributed by atoms with Gasteiger partial charge in [-0.3, -0.25) is 0 Å². The monoisotopic (exact) mass is 197 g/mol. The van der Waals surface area contributed by atoms with E-state index in [1.165, 1.54) is 38.6 Å². The Balaban J connectivity index is 0.000000364. The van der Waals surface area contributed by atoms with Gasteiger partial charge < -0.3 is 5.32 Å². The van der Waals surface area contributed by atoms with Gasteiger partial charge in [-0.05, 0) is 31.8 Å². The molecule has 82 valence electrons. The van der Waals surface area contributed by atoms with Crippen LogP contribution in [0.4, 0.5) is 0 Å². The lowest BCUT2D eigenvalue weighted by molar-refractivity contribution is 0.345. The molecular formula is C11H23N3. The molecule has 0 amide bonds. The highest BCUT2D eigenvalue weighted by molar-refractivity contribution is 5.28. The standard InChI is InChI=1S/C9H19N.C2H4N2/c1-2-10-8-9-6-4-3-5-7-9;1-3-4-2/h9-10H,2-8H2,1H3;1-2H2. The highest BCUT2D eigenvalue weighted by atomic mass is 15.2. The minimum absolute atomic E-state index is 0.994. The van der Waals surface area contributed by atoms with E-state index in [-0.39, 0.29) is 0 Å². The van der Waals surface area contributed by atoms with Crippen LogP contribution in [0.3, 0.4) is 0 Å². The molecule has 1 aliphatic rings. The maximum Gasteiger partial charge on any atom is 0.0132 e. The fraction of sp³-hybridized carbons (Fsp3) is 0.818. The smallest absolute Gasteiger partial charge is 0.0132 e. The third-order valence-electron chi connectivity index (χ3n) is 2.51. The van der Waals surface area contributed by atoms with Crippen LogP contribution in [0.25, 0.3) is 0 Å². The Bertz CT molecular complexity index is 133. The highest BCUT2D eigenvalue weighted by Gasteiger charge is 2.11. The molecule has 0 unspecified atom stereocenters. The lowest BCUT2D eigenvalue weighted by Crippen LogP contribution is -2.23. The van der Waals surface area contributed by atoms with Gasteiger partial charge in [0.15, 0.2) is 0 Å². The molecule has 0 bridgehead atoms. The van der Waals surface area contributed by atoms with Gasteiger partial charge in [-0.25, -0.2) is 0 Å². The molecule has 0 aromatic rings. The summed E-state index contributed by atoms with van der Waals surface area (Å²) in [4.78, 5) is 0. The summed E-state index contributed by atoms with van der Waals surface area (Å²) in [5.41, 5.74) is 0. The van der Waals surface area contributed by atoms with Crippen molar-refractivity contribution < 1.29 is 0 Å². The summed E-state index contributed by atoms with van der Waals surface area (Å²) < 4.78 is 0. The number of hydrogen-bond donors (Lipinski definition) is 1. The minimum atomic E-state index is 0.994. The fourth-order valence-corrected chi connectivity index (χ4v) is 1.74. The number of rotatable bonds is 4. The fourth-order valence-electron chi connectivity index (χ4n) is 1.74. The molecule has 0 spiro atoms. The molecule has 0 aromatic carbocycles. The van der Waals surface area contributed by atoms with Crippen LogP contribution in [-0.2, 0) is 0 Å². The first kappa shape index (κ1) is 13.3. The van der Waals surface area contributed by atoms with Gasteiger partial charge in [0, 0.05) is 13.4 Å². The second-order valence-corrected chi connectivity index (χ2v) is 3.59. The van der Waals surface area contributed by atoms with Crippen LogP contribution in [-0.4, -0.2) is 26.5 Å². The van der Waals surface area contributed by atoms with Crippen molar-refractivity contribution in [2.45, 2.75) is 39.0 Å². The third kappa shape index (κ3) is 7.92. The lowest BCUT2D eigenvalue weighted by Gasteiger charge is -2.21. The molecule has 14 heavy (non-hydrogen) atoms. The molecule has 3 nitrogen and oxygen atoms in total. The van der Waals surface area contributed by atoms with E-state index in [9.17, 15) is 0 Å². The zero-order valence-corrected chi connectivity index (χ0v) is 9.34. The topological polar surface area (TPSA) is 36.8 Å².